The number of benzene rings is 1. The van der Waals surface area contributed by atoms with Gasteiger partial charge in [0.15, 0.2) is 0 Å². The zero-order chi connectivity index (χ0) is 18.3. The predicted molar refractivity (Wildman–Crippen MR) is 95.3 cm³/mol. The van der Waals surface area contributed by atoms with Gasteiger partial charge in [-0.15, -0.1) is 16.4 Å². The van der Waals surface area contributed by atoms with Crippen LogP contribution in [0.5, 0.6) is 0 Å². The number of rotatable bonds is 5. The number of nitrogens with one attached hydrogen (secondary N) is 1. The van der Waals surface area contributed by atoms with Crippen LogP contribution in [0.2, 0.25) is 0 Å². The Kier molecular flexibility index (Phi) is 4.00. The molecule has 0 radical (unpaired) electrons. The fraction of sp³-hybridized carbons (Fsp3) is 0.235. The van der Waals surface area contributed by atoms with Crippen molar-refractivity contribution in [3.8, 4) is 0 Å². The third-order valence-corrected chi connectivity index (χ3v) is 5.10. The molecule has 0 fully saturated rings. The van der Waals surface area contributed by atoms with Crippen molar-refractivity contribution in [2.24, 2.45) is 0 Å². The van der Waals surface area contributed by atoms with Gasteiger partial charge < -0.3 is 0 Å². The van der Waals surface area contributed by atoms with Gasteiger partial charge in [-0.2, -0.15) is 4.98 Å². The Morgan fingerprint density at radius 2 is 1.88 bits per heavy atom. The van der Waals surface area contributed by atoms with E-state index in [1.165, 1.54) is 16.2 Å². The number of nitrogens with zero attached hydrogens (tertiary/aromatic N) is 4. The fourth-order valence-electron chi connectivity index (χ4n) is 2.87. The minimum Gasteiger partial charge on any atom is -0.293 e. The second-order valence-corrected chi connectivity index (χ2v) is 6.80. The largest absolute Gasteiger partial charge is 0.293 e. The molecule has 0 bridgehead atoms. The van der Waals surface area contributed by atoms with Gasteiger partial charge in [0.25, 0.3) is 11.8 Å². The molecule has 0 atom stereocenters. The van der Waals surface area contributed by atoms with E-state index in [0.29, 0.717) is 22.5 Å². The molecule has 4 rings (SSSR count). The Hall–Kier alpha value is -3.07. The molecule has 0 saturated carbocycles. The molecule has 0 saturated heterocycles. The fourth-order valence-corrected chi connectivity index (χ4v) is 3.67. The number of thiazole rings is 1. The van der Waals surface area contributed by atoms with Crippen molar-refractivity contribution in [1.82, 2.24) is 19.5 Å². The average Bonchev–Trinajstić information content (AvgIpc) is 3.25. The number of carbonyl (C=O) groups excluding carboxylic acids is 3. The Labute approximate surface area is 152 Å². The summed E-state index contributed by atoms with van der Waals surface area (Å²) in [6.45, 7) is 2.11. The van der Waals surface area contributed by atoms with E-state index >= 15 is 0 Å². The normalized spacial score (nSPS) is 13.5. The molecule has 1 aliphatic heterocycles. The zero-order valence-electron chi connectivity index (χ0n) is 13.9. The molecule has 1 N–H and O–H groups in total. The molecule has 132 valence electrons. The van der Waals surface area contributed by atoms with Gasteiger partial charge in [0.2, 0.25) is 16.8 Å². The molecule has 3 heterocycles. The summed E-state index contributed by atoms with van der Waals surface area (Å²) in [5.74, 6) is -0.613. The third-order valence-electron chi connectivity index (χ3n) is 4.16. The van der Waals surface area contributed by atoms with Crippen molar-refractivity contribution in [3.05, 3.63) is 46.5 Å². The Morgan fingerprint density at radius 1 is 1.19 bits per heavy atom. The Bertz CT molecular complexity index is 1000. The first-order valence-electron chi connectivity index (χ1n) is 8.10. The highest BCUT2D eigenvalue weighted by Crippen LogP contribution is 2.22. The van der Waals surface area contributed by atoms with Crippen molar-refractivity contribution in [2.45, 2.75) is 19.8 Å². The smallest absolute Gasteiger partial charge is 0.261 e. The van der Waals surface area contributed by atoms with Crippen LogP contribution < -0.4 is 5.32 Å². The molecule has 3 aromatic rings. The first-order valence-corrected chi connectivity index (χ1v) is 8.98. The lowest BCUT2D eigenvalue weighted by molar-refractivity contribution is -0.116. The van der Waals surface area contributed by atoms with Crippen LogP contribution in [0.1, 0.15) is 39.3 Å². The molecule has 8 nitrogen and oxygen atoms in total. The van der Waals surface area contributed by atoms with Crippen LogP contribution in [-0.2, 0) is 4.79 Å². The van der Waals surface area contributed by atoms with E-state index in [9.17, 15) is 14.4 Å². The van der Waals surface area contributed by atoms with Gasteiger partial charge in [0.05, 0.1) is 16.8 Å². The van der Waals surface area contributed by atoms with E-state index in [4.69, 9.17) is 0 Å². The van der Waals surface area contributed by atoms with Crippen LogP contribution in [0.15, 0.2) is 29.6 Å². The van der Waals surface area contributed by atoms with Gasteiger partial charge in [0.1, 0.15) is 0 Å². The number of hydrogen-bond acceptors (Lipinski definition) is 6. The highest BCUT2D eigenvalue weighted by Gasteiger charge is 2.34. The highest BCUT2D eigenvalue weighted by molar-refractivity contribution is 7.15. The second kappa shape index (κ2) is 6.34. The van der Waals surface area contributed by atoms with Crippen LogP contribution in [-0.4, -0.2) is 43.8 Å². The minimum absolute atomic E-state index is 0.166. The van der Waals surface area contributed by atoms with Crippen molar-refractivity contribution in [3.63, 3.8) is 0 Å². The molecule has 0 unspecified atom stereocenters. The summed E-state index contributed by atoms with van der Waals surface area (Å²) in [6, 6.07) is 6.73. The van der Waals surface area contributed by atoms with Gasteiger partial charge >= 0.3 is 0 Å². The maximum atomic E-state index is 12.3. The Balaban J connectivity index is 1.33. The van der Waals surface area contributed by atoms with Crippen LogP contribution in [0, 0.1) is 6.92 Å². The topological polar surface area (TPSA) is 96.7 Å². The SMILES string of the molecule is Cc1csc2nc(NC(=O)CCCN3C(=O)c4ccccc4C3=O)nn12. The maximum absolute atomic E-state index is 12.3. The first-order chi connectivity index (χ1) is 12.5. The second-order valence-electron chi connectivity index (χ2n) is 5.97. The minimum atomic E-state index is -0.308. The number of carbonyl (C=O) groups is 3. The number of hydrogen-bond donors (Lipinski definition) is 1. The molecule has 9 heteroatoms. The van der Waals surface area contributed by atoms with Crippen LogP contribution in [0.3, 0.4) is 0 Å². The number of aromatic nitrogens is 3. The number of anilines is 1. The van der Waals surface area contributed by atoms with E-state index in [1.807, 2.05) is 12.3 Å². The van der Waals surface area contributed by atoms with Crippen molar-refractivity contribution in [2.75, 3.05) is 11.9 Å². The standard InChI is InChI=1S/C17H15N5O3S/c1-10-9-26-17-19-16(20-22(10)17)18-13(23)7-4-8-21-14(24)11-5-2-3-6-12(11)15(21)25/h2-3,5-6,9H,4,7-8H2,1H3,(H,18,20,23). The number of fused-ring (bicyclic) bond motifs is 2. The highest BCUT2D eigenvalue weighted by atomic mass is 32.1. The average molecular weight is 369 g/mol. The van der Waals surface area contributed by atoms with Gasteiger partial charge in [-0.25, -0.2) is 4.52 Å². The van der Waals surface area contributed by atoms with E-state index < -0.39 is 0 Å². The summed E-state index contributed by atoms with van der Waals surface area (Å²) >= 11 is 1.45. The predicted octanol–water partition coefficient (Wildman–Crippen LogP) is 2.11. The lowest BCUT2D eigenvalue weighted by atomic mass is 10.1. The summed E-state index contributed by atoms with van der Waals surface area (Å²) in [4.78, 5) is 42.7. The molecule has 26 heavy (non-hydrogen) atoms. The third kappa shape index (κ3) is 2.76. The summed E-state index contributed by atoms with van der Waals surface area (Å²) in [7, 11) is 0. The summed E-state index contributed by atoms with van der Waals surface area (Å²) in [5.41, 5.74) is 1.78. The van der Waals surface area contributed by atoms with E-state index in [1.54, 1.807) is 28.8 Å². The lowest BCUT2D eigenvalue weighted by Gasteiger charge is -2.13. The van der Waals surface area contributed by atoms with Gasteiger partial charge in [-0.1, -0.05) is 12.1 Å². The monoisotopic (exact) mass is 369 g/mol. The van der Waals surface area contributed by atoms with Crippen LogP contribution in [0.25, 0.3) is 4.96 Å². The van der Waals surface area contributed by atoms with Crippen molar-refractivity contribution >= 4 is 40.0 Å². The first kappa shape index (κ1) is 16.4. The summed E-state index contributed by atoms with van der Waals surface area (Å²) in [6.07, 6.45) is 0.539. The molecule has 0 aliphatic carbocycles. The molecular formula is C17H15N5O3S. The van der Waals surface area contributed by atoms with Crippen molar-refractivity contribution in [1.29, 1.82) is 0 Å². The van der Waals surface area contributed by atoms with Crippen LogP contribution in [0.4, 0.5) is 5.95 Å². The van der Waals surface area contributed by atoms with Crippen LogP contribution >= 0.6 is 11.3 Å². The van der Waals surface area contributed by atoms with E-state index in [2.05, 4.69) is 15.4 Å². The van der Waals surface area contributed by atoms with E-state index in [-0.39, 0.29) is 36.6 Å². The molecular weight excluding hydrogens is 354 g/mol. The van der Waals surface area contributed by atoms with Crippen molar-refractivity contribution < 1.29 is 14.4 Å². The van der Waals surface area contributed by atoms with Gasteiger partial charge in [-0.3, -0.25) is 24.6 Å². The number of amides is 3. The van der Waals surface area contributed by atoms with Gasteiger partial charge in [-0.05, 0) is 25.5 Å². The lowest BCUT2D eigenvalue weighted by Crippen LogP contribution is -2.31. The molecule has 1 aromatic carbocycles. The molecule has 2 aromatic heterocycles. The summed E-state index contributed by atoms with van der Waals surface area (Å²) in [5, 5.41) is 8.79. The molecule has 3 amide bonds. The molecule has 0 spiro atoms. The Morgan fingerprint density at radius 3 is 2.54 bits per heavy atom. The maximum Gasteiger partial charge on any atom is 0.261 e. The zero-order valence-corrected chi connectivity index (χ0v) is 14.7. The quantitative estimate of drug-likeness (QED) is 0.695. The number of aryl methyl sites for hydroxylation is 1. The van der Waals surface area contributed by atoms with Gasteiger partial charge in [0, 0.05) is 18.3 Å². The van der Waals surface area contributed by atoms with E-state index in [0.717, 1.165) is 5.69 Å². The molecule has 1 aliphatic rings. The number of imide groups is 1. The summed E-state index contributed by atoms with van der Waals surface area (Å²) < 4.78 is 1.67.